The Hall–Kier alpha value is -2.18. The maximum Gasteiger partial charge on any atom is 0.258 e. The van der Waals surface area contributed by atoms with Gasteiger partial charge in [-0.3, -0.25) is 4.79 Å². The highest BCUT2D eigenvalue weighted by Crippen LogP contribution is 2.39. The molecule has 0 saturated heterocycles. The Morgan fingerprint density at radius 1 is 1.12 bits per heavy atom. The number of amides is 1. The second-order valence-electron chi connectivity index (χ2n) is 7.11. The summed E-state index contributed by atoms with van der Waals surface area (Å²) in [5, 5.41) is 5.06. The van der Waals surface area contributed by atoms with Gasteiger partial charge in [0.15, 0.2) is 0 Å². The minimum absolute atomic E-state index is 0.0344. The summed E-state index contributed by atoms with van der Waals surface area (Å²) in [6.45, 7) is 5.03. The summed E-state index contributed by atoms with van der Waals surface area (Å²) < 4.78 is 22.3. The van der Waals surface area contributed by atoms with Crippen LogP contribution in [0.1, 0.15) is 41.8 Å². The van der Waals surface area contributed by atoms with E-state index < -0.39 is 10.0 Å². The highest BCUT2D eigenvalue weighted by Gasteiger charge is 2.33. The Balaban J connectivity index is 1.89. The smallest absolute Gasteiger partial charge is 0.258 e. The van der Waals surface area contributed by atoms with E-state index in [0.717, 1.165) is 12.1 Å². The van der Waals surface area contributed by atoms with Crippen LogP contribution >= 0.6 is 0 Å². The van der Waals surface area contributed by atoms with Crippen LogP contribution in [0.15, 0.2) is 48.5 Å². The fourth-order valence-corrected chi connectivity index (χ4v) is 3.93. The van der Waals surface area contributed by atoms with Gasteiger partial charge in [0.1, 0.15) is 0 Å². The Morgan fingerprint density at radius 3 is 2.40 bits per heavy atom. The molecule has 2 aromatic rings. The second kappa shape index (κ2) is 6.28. The largest absolute Gasteiger partial charge is 0.308 e. The molecule has 1 amide bonds. The maximum atomic E-state index is 13.0. The SMILES string of the molecule is CC1(C)CCN(C(=O)c2ccc(CS(N)(=O)=O)cc2)c2ccccc21. The molecular formula is C19H22N2O3S. The van der Waals surface area contributed by atoms with Gasteiger partial charge in [0, 0.05) is 17.8 Å². The van der Waals surface area contributed by atoms with Crippen LogP contribution in [0.25, 0.3) is 0 Å². The zero-order valence-corrected chi connectivity index (χ0v) is 15.2. The van der Waals surface area contributed by atoms with Crippen molar-refractivity contribution in [1.82, 2.24) is 0 Å². The van der Waals surface area contributed by atoms with Gasteiger partial charge in [-0.05, 0) is 41.2 Å². The Kier molecular flexibility index (Phi) is 4.43. The van der Waals surface area contributed by atoms with Crippen LogP contribution in [-0.2, 0) is 21.2 Å². The topological polar surface area (TPSA) is 80.5 Å². The van der Waals surface area contributed by atoms with Gasteiger partial charge in [-0.15, -0.1) is 0 Å². The third kappa shape index (κ3) is 3.75. The van der Waals surface area contributed by atoms with E-state index in [2.05, 4.69) is 19.9 Å². The van der Waals surface area contributed by atoms with Gasteiger partial charge >= 0.3 is 0 Å². The first-order valence-corrected chi connectivity index (χ1v) is 9.90. The first kappa shape index (κ1) is 17.6. The zero-order valence-electron chi connectivity index (χ0n) is 14.4. The van der Waals surface area contributed by atoms with E-state index in [1.54, 1.807) is 29.2 Å². The Morgan fingerprint density at radius 2 is 1.76 bits per heavy atom. The summed E-state index contributed by atoms with van der Waals surface area (Å²) >= 11 is 0. The first-order valence-electron chi connectivity index (χ1n) is 8.18. The lowest BCUT2D eigenvalue weighted by Crippen LogP contribution is -2.41. The van der Waals surface area contributed by atoms with Gasteiger partial charge < -0.3 is 4.90 Å². The van der Waals surface area contributed by atoms with Gasteiger partial charge in [0.25, 0.3) is 5.91 Å². The summed E-state index contributed by atoms with van der Waals surface area (Å²) in [6, 6.07) is 14.6. The van der Waals surface area contributed by atoms with E-state index in [1.165, 1.54) is 5.56 Å². The molecule has 0 aromatic heterocycles. The van der Waals surface area contributed by atoms with Crippen molar-refractivity contribution in [2.75, 3.05) is 11.4 Å². The molecule has 25 heavy (non-hydrogen) atoms. The van der Waals surface area contributed by atoms with Crippen molar-refractivity contribution in [3.8, 4) is 0 Å². The summed E-state index contributed by atoms with van der Waals surface area (Å²) in [6.07, 6.45) is 0.888. The summed E-state index contributed by atoms with van der Waals surface area (Å²) in [7, 11) is -3.58. The van der Waals surface area contributed by atoms with Crippen LogP contribution in [-0.4, -0.2) is 20.9 Å². The molecule has 6 heteroatoms. The molecule has 3 rings (SSSR count). The highest BCUT2D eigenvalue weighted by atomic mass is 32.2. The normalized spacial score (nSPS) is 16.4. The first-order chi connectivity index (χ1) is 11.7. The van der Waals surface area contributed by atoms with E-state index in [9.17, 15) is 13.2 Å². The minimum atomic E-state index is -3.58. The van der Waals surface area contributed by atoms with Crippen molar-refractivity contribution < 1.29 is 13.2 Å². The number of primary sulfonamides is 1. The van der Waals surface area contributed by atoms with Crippen molar-refractivity contribution >= 4 is 21.6 Å². The number of benzene rings is 2. The number of hydrogen-bond acceptors (Lipinski definition) is 3. The van der Waals surface area contributed by atoms with Crippen LogP contribution in [0.3, 0.4) is 0 Å². The fraction of sp³-hybridized carbons (Fsp3) is 0.316. The van der Waals surface area contributed by atoms with E-state index in [4.69, 9.17) is 5.14 Å². The van der Waals surface area contributed by atoms with E-state index in [1.807, 2.05) is 18.2 Å². The number of nitrogens with zero attached hydrogens (tertiary/aromatic N) is 1. The van der Waals surface area contributed by atoms with Gasteiger partial charge in [0.2, 0.25) is 10.0 Å². The highest BCUT2D eigenvalue weighted by molar-refractivity contribution is 7.88. The van der Waals surface area contributed by atoms with Gasteiger partial charge in [-0.2, -0.15) is 0 Å². The molecule has 2 N–H and O–H groups in total. The molecule has 132 valence electrons. The number of fused-ring (bicyclic) bond motifs is 1. The second-order valence-corrected chi connectivity index (χ2v) is 8.73. The molecule has 0 fully saturated rings. The van der Waals surface area contributed by atoms with E-state index in [-0.39, 0.29) is 17.1 Å². The monoisotopic (exact) mass is 358 g/mol. The standard InChI is InChI=1S/C19H22N2O3S/c1-19(2)11-12-21(17-6-4-3-5-16(17)19)18(22)15-9-7-14(8-10-15)13-25(20,23)24/h3-10H,11-13H2,1-2H3,(H2,20,23,24). The van der Waals surface area contributed by atoms with Crippen LogP contribution in [0, 0.1) is 0 Å². The predicted molar refractivity (Wildman–Crippen MR) is 99.0 cm³/mol. The van der Waals surface area contributed by atoms with E-state index in [0.29, 0.717) is 17.7 Å². The third-order valence-corrected chi connectivity index (χ3v) is 5.43. The number of hydrogen-bond donors (Lipinski definition) is 1. The number of rotatable bonds is 3. The molecule has 5 nitrogen and oxygen atoms in total. The Labute approximate surface area is 148 Å². The molecular weight excluding hydrogens is 336 g/mol. The maximum absolute atomic E-state index is 13.0. The molecule has 0 atom stereocenters. The Bertz CT molecular complexity index is 903. The van der Waals surface area contributed by atoms with Gasteiger partial charge in [0.05, 0.1) is 5.75 Å². The van der Waals surface area contributed by atoms with Crippen LogP contribution < -0.4 is 10.0 Å². The number of carbonyl (C=O) groups is 1. The molecule has 1 aliphatic rings. The minimum Gasteiger partial charge on any atom is -0.308 e. The third-order valence-electron chi connectivity index (χ3n) is 4.70. The van der Waals surface area contributed by atoms with Crippen LogP contribution in [0.2, 0.25) is 0 Å². The molecule has 2 aromatic carbocycles. The van der Waals surface area contributed by atoms with Crippen LogP contribution in [0.5, 0.6) is 0 Å². The van der Waals surface area contributed by atoms with Crippen molar-refractivity contribution in [3.63, 3.8) is 0 Å². The van der Waals surface area contributed by atoms with Gasteiger partial charge in [-0.1, -0.05) is 44.2 Å². The van der Waals surface area contributed by atoms with Crippen molar-refractivity contribution in [2.45, 2.75) is 31.4 Å². The zero-order chi connectivity index (χ0) is 18.2. The molecule has 0 aliphatic carbocycles. The molecule has 1 aliphatic heterocycles. The van der Waals surface area contributed by atoms with Crippen molar-refractivity contribution in [1.29, 1.82) is 0 Å². The molecule has 0 bridgehead atoms. The molecule has 1 heterocycles. The lowest BCUT2D eigenvalue weighted by Gasteiger charge is -2.39. The molecule has 0 unspecified atom stereocenters. The molecule has 0 spiro atoms. The number of para-hydroxylation sites is 1. The summed E-state index contributed by atoms with van der Waals surface area (Å²) in [5.74, 6) is -0.313. The summed E-state index contributed by atoms with van der Waals surface area (Å²) in [4.78, 5) is 14.8. The number of sulfonamides is 1. The lowest BCUT2D eigenvalue weighted by atomic mass is 9.77. The quantitative estimate of drug-likeness (QED) is 0.916. The lowest BCUT2D eigenvalue weighted by molar-refractivity contribution is 0.0982. The molecule has 0 saturated carbocycles. The predicted octanol–water partition coefficient (Wildman–Crippen LogP) is 2.80. The van der Waals surface area contributed by atoms with Crippen LogP contribution in [0.4, 0.5) is 5.69 Å². The van der Waals surface area contributed by atoms with E-state index >= 15 is 0 Å². The number of carbonyl (C=O) groups excluding carboxylic acids is 1. The van der Waals surface area contributed by atoms with Crippen molar-refractivity contribution in [2.24, 2.45) is 5.14 Å². The summed E-state index contributed by atoms with van der Waals surface area (Å²) in [5.41, 5.74) is 3.25. The number of anilines is 1. The molecule has 0 radical (unpaired) electrons. The average Bonchev–Trinajstić information content (AvgIpc) is 2.54. The van der Waals surface area contributed by atoms with Gasteiger partial charge in [-0.25, -0.2) is 13.6 Å². The number of nitrogens with two attached hydrogens (primary N) is 1. The average molecular weight is 358 g/mol. The fourth-order valence-electron chi connectivity index (χ4n) is 3.27. The van der Waals surface area contributed by atoms with Crippen molar-refractivity contribution in [3.05, 3.63) is 65.2 Å².